The molecule has 0 unspecified atom stereocenters. The highest BCUT2D eigenvalue weighted by Gasteiger charge is 2.23. The Balaban J connectivity index is 1.96. The first-order chi connectivity index (χ1) is 14.5. The number of nitrogens with one attached hydrogen (secondary N) is 2. The van der Waals surface area contributed by atoms with Crippen LogP contribution in [0.1, 0.15) is 38.2 Å². The molecule has 9 heteroatoms. The Morgan fingerprint density at radius 2 is 2.07 bits per heavy atom. The van der Waals surface area contributed by atoms with Gasteiger partial charge in [-0.3, -0.25) is 9.79 Å². The molecule has 0 aliphatic carbocycles. The third-order valence-electron chi connectivity index (χ3n) is 5.04. The Morgan fingerprint density at radius 3 is 2.67 bits per heavy atom. The molecule has 0 saturated carbocycles. The lowest BCUT2D eigenvalue weighted by Gasteiger charge is -2.34. The summed E-state index contributed by atoms with van der Waals surface area (Å²) < 4.78 is 35.9. The van der Waals surface area contributed by atoms with Crippen molar-refractivity contribution in [2.24, 2.45) is 10.9 Å². The number of ether oxygens (including phenoxy) is 2. The summed E-state index contributed by atoms with van der Waals surface area (Å²) in [6.07, 6.45) is 3.16. The van der Waals surface area contributed by atoms with E-state index in [1.54, 1.807) is 26.2 Å². The highest BCUT2D eigenvalue weighted by Crippen LogP contribution is 2.27. The zero-order chi connectivity index (χ0) is 21.9. The smallest absolute Gasteiger partial charge is 0.387 e. The normalized spacial score (nSPS) is 15.3. The van der Waals surface area contributed by atoms with Gasteiger partial charge >= 0.3 is 6.61 Å². The second-order valence-corrected chi connectivity index (χ2v) is 7.20. The van der Waals surface area contributed by atoms with Gasteiger partial charge in [0.2, 0.25) is 5.91 Å². The summed E-state index contributed by atoms with van der Waals surface area (Å²) >= 11 is 0. The van der Waals surface area contributed by atoms with E-state index in [0.29, 0.717) is 42.8 Å². The molecule has 2 rings (SSSR count). The van der Waals surface area contributed by atoms with Gasteiger partial charge < -0.3 is 25.0 Å². The van der Waals surface area contributed by atoms with E-state index in [2.05, 4.69) is 20.5 Å². The summed E-state index contributed by atoms with van der Waals surface area (Å²) in [6.45, 7) is 1.43. The topological polar surface area (TPSA) is 75.2 Å². The van der Waals surface area contributed by atoms with Crippen molar-refractivity contribution in [3.8, 4) is 11.5 Å². The summed E-state index contributed by atoms with van der Waals surface area (Å²) in [5.74, 6) is 1.71. The maximum absolute atomic E-state index is 12.8. The SMILES string of the molecule is CCCOc1ccc(CNC(=NC)N2CCC(CC(=O)NC)CC2)c(OC(F)F)c1. The molecule has 2 N–H and O–H groups in total. The second-order valence-electron chi connectivity index (χ2n) is 7.20. The number of halogens is 2. The van der Waals surface area contributed by atoms with E-state index in [9.17, 15) is 13.6 Å². The highest BCUT2D eigenvalue weighted by atomic mass is 19.3. The van der Waals surface area contributed by atoms with Crippen LogP contribution in [0.25, 0.3) is 0 Å². The zero-order valence-corrected chi connectivity index (χ0v) is 17.9. The summed E-state index contributed by atoms with van der Waals surface area (Å²) in [5, 5.41) is 5.90. The van der Waals surface area contributed by atoms with Gasteiger partial charge in [-0.1, -0.05) is 6.92 Å². The number of guanidine groups is 1. The number of benzene rings is 1. The fourth-order valence-corrected chi connectivity index (χ4v) is 3.42. The molecule has 0 bridgehead atoms. The second kappa shape index (κ2) is 12.2. The van der Waals surface area contributed by atoms with Crippen LogP contribution in [0.15, 0.2) is 23.2 Å². The fraction of sp³-hybridized carbons (Fsp3) is 0.619. The number of amides is 1. The van der Waals surface area contributed by atoms with Crippen LogP contribution in [0.5, 0.6) is 11.5 Å². The molecule has 1 aromatic rings. The van der Waals surface area contributed by atoms with Crippen LogP contribution in [-0.2, 0) is 11.3 Å². The minimum atomic E-state index is -2.91. The first-order valence-corrected chi connectivity index (χ1v) is 10.3. The van der Waals surface area contributed by atoms with Gasteiger partial charge in [0.05, 0.1) is 6.61 Å². The first-order valence-electron chi connectivity index (χ1n) is 10.3. The summed E-state index contributed by atoms with van der Waals surface area (Å²) in [5.41, 5.74) is 0.592. The third kappa shape index (κ3) is 7.35. The van der Waals surface area contributed by atoms with Gasteiger partial charge in [0.1, 0.15) is 11.5 Å². The van der Waals surface area contributed by atoms with E-state index in [1.165, 1.54) is 6.07 Å². The molecule has 7 nitrogen and oxygen atoms in total. The quantitative estimate of drug-likeness (QED) is 0.469. The molecular formula is C21H32F2N4O3. The Bertz CT molecular complexity index is 707. The Labute approximate surface area is 176 Å². The van der Waals surface area contributed by atoms with Crippen molar-refractivity contribution in [3.63, 3.8) is 0 Å². The van der Waals surface area contributed by atoms with Crippen molar-refractivity contribution < 1.29 is 23.0 Å². The molecule has 0 atom stereocenters. The number of alkyl halides is 2. The van der Waals surface area contributed by atoms with Crippen molar-refractivity contribution in [3.05, 3.63) is 23.8 Å². The van der Waals surface area contributed by atoms with Crippen LogP contribution < -0.4 is 20.1 Å². The van der Waals surface area contributed by atoms with Crippen molar-refractivity contribution in [1.29, 1.82) is 0 Å². The highest BCUT2D eigenvalue weighted by molar-refractivity contribution is 5.80. The number of aliphatic imine (C=N–C) groups is 1. The molecule has 0 radical (unpaired) electrons. The number of piperidine rings is 1. The van der Waals surface area contributed by atoms with Crippen LogP contribution in [0.3, 0.4) is 0 Å². The minimum Gasteiger partial charge on any atom is -0.493 e. The molecule has 1 saturated heterocycles. The van der Waals surface area contributed by atoms with E-state index in [-0.39, 0.29) is 11.7 Å². The molecule has 1 fully saturated rings. The Kier molecular flexibility index (Phi) is 9.63. The molecular weight excluding hydrogens is 394 g/mol. The standard InChI is InChI=1S/C21H32F2N4O3/c1-4-11-29-17-6-5-16(18(13-17)30-20(22)23)14-26-21(25-3)27-9-7-15(8-10-27)12-19(28)24-2/h5-6,13,15,20H,4,7-12,14H2,1-3H3,(H,24,28)(H,25,26). The molecule has 1 aromatic carbocycles. The van der Waals surface area contributed by atoms with E-state index in [1.807, 2.05) is 6.92 Å². The van der Waals surface area contributed by atoms with Gasteiger partial charge in [0.25, 0.3) is 0 Å². The number of rotatable bonds is 9. The van der Waals surface area contributed by atoms with Gasteiger partial charge in [-0.15, -0.1) is 0 Å². The van der Waals surface area contributed by atoms with Crippen LogP contribution >= 0.6 is 0 Å². The van der Waals surface area contributed by atoms with Crippen LogP contribution in [0, 0.1) is 5.92 Å². The van der Waals surface area contributed by atoms with Gasteiger partial charge in [-0.2, -0.15) is 8.78 Å². The number of carbonyl (C=O) groups is 1. The van der Waals surface area contributed by atoms with Crippen molar-refractivity contribution in [1.82, 2.24) is 15.5 Å². The number of hydrogen-bond donors (Lipinski definition) is 2. The number of hydrogen-bond acceptors (Lipinski definition) is 4. The monoisotopic (exact) mass is 426 g/mol. The lowest BCUT2D eigenvalue weighted by Crippen LogP contribution is -2.45. The Hall–Kier alpha value is -2.58. The number of likely N-dealkylation sites (tertiary alicyclic amines) is 1. The van der Waals surface area contributed by atoms with Crippen molar-refractivity contribution in [2.75, 3.05) is 33.8 Å². The average Bonchev–Trinajstić information content (AvgIpc) is 2.74. The maximum Gasteiger partial charge on any atom is 0.387 e. The lowest BCUT2D eigenvalue weighted by molar-refractivity contribution is -0.121. The summed E-state index contributed by atoms with van der Waals surface area (Å²) in [4.78, 5) is 18.0. The van der Waals surface area contributed by atoms with Gasteiger partial charge in [0, 0.05) is 51.8 Å². The van der Waals surface area contributed by atoms with Gasteiger partial charge in [-0.05, 0) is 37.3 Å². The van der Waals surface area contributed by atoms with Crippen LogP contribution in [-0.4, -0.2) is 57.2 Å². The predicted octanol–water partition coefficient (Wildman–Crippen LogP) is 3.00. The third-order valence-corrected chi connectivity index (χ3v) is 5.04. The first kappa shape index (κ1) is 23.7. The molecule has 1 aliphatic heterocycles. The van der Waals surface area contributed by atoms with E-state index < -0.39 is 6.61 Å². The van der Waals surface area contributed by atoms with E-state index in [4.69, 9.17) is 9.47 Å². The van der Waals surface area contributed by atoms with Crippen molar-refractivity contribution in [2.45, 2.75) is 45.8 Å². The van der Waals surface area contributed by atoms with Gasteiger partial charge in [0.15, 0.2) is 5.96 Å². The van der Waals surface area contributed by atoms with E-state index >= 15 is 0 Å². The van der Waals surface area contributed by atoms with Crippen LogP contribution in [0.2, 0.25) is 0 Å². The van der Waals surface area contributed by atoms with Gasteiger partial charge in [-0.25, -0.2) is 0 Å². The zero-order valence-electron chi connectivity index (χ0n) is 17.9. The maximum atomic E-state index is 12.8. The number of nitrogens with zero attached hydrogens (tertiary/aromatic N) is 2. The Morgan fingerprint density at radius 1 is 1.33 bits per heavy atom. The molecule has 168 valence electrons. The molecule has 1 aliphatic rings. The molecule has 30 heavy (non-hydrogen) atoms. The lowest BCUT2D eigenvalue weighted by atomic mass is 9.93. The largest absolute Gasteiger partial charge is 0.493 e. The fourth-order valence-electron chi connectivity index (χ4n) is 3.42. The number of carbonyl (C=O) groups excluding carboxylic acids is 1. The molecule has 1 heterocycles. The van der Waals surface area contributed by atoms with Crippen LogP contribution in [0.4, 0.5) is 8.78 Å². The summed E-state index contributed by atoms with van der Waals surface area (Å²) in [6, 6.07) is 4.96. The molecule has 1 amide bonds. The van der Waals surface area contributed by atoms with Crippen molar-refractivity contribution >= 4 is 11.9 Å². The van der Waals surface area contributed by atoms with E-state index in [0.717, 1.165) is 32.4 Å². The molecule has 0 aromatic heterocycles. The predicted molar refractivity (Wildman–Crippen MR) is 112 cm³/mol. The average molecular weight is 427 g/mol. The summed E-state index contributed by atoms with van der Waals surface area (Å²) in [7, 11) is 3.34. The minimum absolute atomic E-state index is 0.0638. The molecule has 0 spiro atoms.